The monoisotopic (exact) mass is 225 g/mol. The van der Waals surface area contributed by atoms with Crippen molar-refractivity contribution in [2.24, 2.45) is 4.99 Å². The van der Waals surface area contributed by atoms with Gasteiger partial charge in [0.15, 0.2) is 6.73 Å². The van der Waals surface area contributed by atoms with Gasteiger partial charge >= 0.3 is 7.82 Å². The molecule has 0 amide bonds. The summed E-state index contributed by atoms with van der Waals surface area (Å²) >= 11 is 4.30. The topological polar surface area (TPSA) is 57.1 Å². The van der Waals surface area contributed by atoms with Gasteiger partial charge in [-0.3, -0.25) is 13.6 Å². The Morgan fingerprint density at radius 1 is 1.31 bits per heavy atom. The Bertz CT molecular complexity index is 219. The van der Waals surface area contributed by atoms with Gasteiger partial charge in [0.25, 0.3) is 0 Å². The normalized spacial score (nSPS) is 10.9. The number of rotatable bonds is 7. The molecule has 0 aromatic heterocycles. The smallest absolute Gasteiger partial charge is 0.287 e. The van der Waals surface area contributed by atoms with E-state index in [0.717, 1.165) is 0 Å². The number of phosphoric ester groups is 1. The summed E-state index contributed by atoms with van der Waals surface area (Å²) in [5.41, 5.74) is 0. The van der Waals surface area contributed by atoms with E-state index in [2.05, 4.69) is 22.4 Å². The van der Waals surface area contributed by atoms with Gasteiger partial charge in [-0.2, -0.15) is 0 Å². The molecule has 0 heterocycles. The summed E-state index contributed by atoms with van der Waals surface area (Å²) in [5.74, 6) is 0. The molecule has 0 saturated heterocycles. The van der Waals surface area contributed by atoms with Crippen LogP contribution in [0.1, 0.15) is 13.8 Å². The number of hydrogen-bond donors (Lipinski definition) is 0. The quantitative estimate of drug-likeness (QED) is 0.378. The van der Waals surface area contributed by atoms with Crippen LogP contribution in [0.25, 0.3) is 0 Å². The Morgan fingerprint density at radius 3 is 2.23 bits per heavy atom. The van der Waals surface area contributed by atoms with Gasteiger partial charge in [0.1, 0.15) is 0 Å². The highest BCUT2D eigenvalue weighted by Gasteiger charge is 2.24. The Balaban J connectivity index is 4.06. The van der Waals surface area contributed by atoms with Gasteiger partial charge in [0.2, 0.25) is 0 Å². The summed E-state index contributed by atoms with van der Waals surface area (Å²) < 4.78 is 25.9. The summed E-state index contributed by atoms with van der Waals surface area (Å²) in [6.07, 6.45) is 0. The maximum absolute atomic E-state index is 11.5. The average Bonchev–Trinajstić information content (AvgIpc) is 2.05. The van der Waals surface area contributed by atoms with Crippen LogP contribution in [0.3, 0.4) is 0 Å². The average molecular weight is 225 g/mol. The Morgan fingerprint density at radius 2 is 1.85 bits per heavy atom. The maximum Gasteiger partial charge on any atom is 0.476 e. The fourth-order valence-electron chi connectivity index (χ4n) is 0.554. The van der Waals surface area contributed by atoms with Gasteiger partial charge < -0.3 is 0 Å². The van der Waals surface area contributed by atoms with Gasteiger partial charge in [0.05, 0.1) is 18.4 Å². The molecule has 0 radical (unpaired) electrons. The van der Waals surface area contributed by atoms with Crippen LogP contribution < -0.4 is 0 Å². The molecule has 0 aromatic rings. The van der Waals surface area contributed by atoms with Crippen LogP contribution in [0.15, 0.2) is 4.99 Å². The van der Waals surface area contributed by atoms with Crippen LogP contribution >= 0.6 is 20.0 Å². The molecule has 0 unspecified atom stereocenters. The van der Waals surface area contributed by atoms with Gasteiger partial charge in [-0.15, -0.1) is 0 Å². The number of phosphoric acid groups is 1. The predicted octanol–water partition coefficient (Wildman–Crippen LogP) is 2.24. The highest BCUT2D eigenvalue weighted by atomic mass is 32.1. The molecule has 0 fully saturated rings. The van der Waals surface area contributed by atoms with Crippen molar-refractivity contribution < 1.29 is 18.1 Å². The van der Waals surface area contributed by atoms with E-state index in [1.54, 1.807) is 13.8 Å². The van der Waals surface area contributed by atoms with E-state index in [4.69, 9.17) is 13.6 Å². The van der Waals surface area contributed by atoms with Crippen molar-refractivity contribution in [2.45, 2.75) is 13.8 Å². The highest BCUT2D eigenvalue weighted by Crippen LogP contribution is 2.48. The van der Waals surface area contributed by atoms with E-state index < -0.39 is 7.82 Å². The molecule has 0 atom stereocenters. The molecule has 0 aliphatic carbocycles. The second-order valence-electron chi connectivity index (χ2n) is 1.79. The third kappa shape index (κ3) is 6.05. The van der Waals surface area contributed by atoms with Gasteiger partial charge in [-0.1, -0.05) is 0 Å². The molecular formula is C6H12NO4PS. The summed E-state index contributed by atoms with van der Waals surface area (Å²) in [5, 5.41) is 2.08. The van der Waals surface area contributed by atoms with E-state index in [9.17, 15) is 4.57 Å². The Labute approximate surface area is 82.7 Å². The number of aliphatic imine (C=N–C) groups is 1. The Kier molecular flexibility index (Phi) is 7.28. The molecule has 5 nitrogen and oxygen atoms in total. The number of nitrogens with zero attached hydrogens (tertiary/aromatic N) is 1. The minimum absolute atomic E-state index is 0.166. The van der Waals surface area contributed by atoms with Gasteiger partial charge in [0, 0.05) is 0 Å². The number of hydrogen-bond acceptors (Lipinski definition) is 6. The van der Waals surface area contributed by atoms with Crippen molar-refractivity contribution in [3.63, 3.8) is 0 Å². The van der Waals surface area contributed by atoms with E-state index in [0.29, 0.717) is 0 Å². The fraction of sp³-hybridized carbons (Fsp3) is 0.833. The SMILES string of the molecule is CCOP(=O)(OCC)OCN=C=S. The maximum atomic E-state index is 11.5. The lowest BCUT2D eigenvalue weighted by Gasteiger charge is -2.14. The van der Waals surface area contributed by atoms with Gasteiger partial charge in [-0.25, -0.2) is 9.56 Å². The van der Waals surface area contributed by atoms with Crippen LogP contribution in [-0.2, 0) is 18.1 Å². The molecule has 0 rings (SSSR count). The number of thiocarbonyl (C=S) groups is 1. The zero-order valence-electron chi connectivity index (χ0n) is 7.56. The molecular weight excluding hydrogens is 213 g/mol. The first-order valence-electron chi connectivity index (χ1n) is 3.75. The molecule has 0 aliphatic heterocycles. The van der Waals surface area contributed by atoms with Gasteiger partial charge in [-0.05, 0) is 26.1 Å². The molecule has 0 aromatic carbocycles. The summed E-state index contributed by atoms with van der Waals surface area (Å²) in [6.45, 7) is 3.72. The standard InChI is InChI=1S/C6H12NO4PS/c1-3-9-12(8,10-4-2)11-5-7-6-13/h3-5H2,1-2H3. The summed E-state index contributed by atoms with van der Waals surface area (Å²) in [7, 11) is -3.43. The van der Waals surface area contributed by atoms with E-state index in [-0.39, 0.29) is 19.9 Å². The van der Waals surface area contributed by atoms with Crippen molar-refractivity contribution in [2.75, 3.05) is 19.9 Å². The van der Waals surface area contributed by atoms with E-state index >= 15 is 0 Å². The van der Waals surface area contributed by atoms with Crippen LogP contribution in [0.2, 0.25) is 0 Å². The van der Waals surface area contributed by atoms with Crippen molar-refractivity contribution in [3.05, 3.63) is 0 Å². The Hall–Kier alpha value is -0.0900. The second-order valence-corrected chi connectivity index (χ2v) is 3.64. The third-order valence-electron chi connectivity index (χ3n) is 0.919. The summed E-state index contributed by atoms with van der Waals surface area (Å²) in [6, 6.07) is 0. The largest absolute Gasteiger partial charge is 0.476 e. The molecule has 0 N–H and O–H groups in total. The lowest BCUT2D eigenvalue weighted by molar-refractivity contribution is 0.124. The zero-order valence-corrected chi connectivity index (χ0v) is 9.27. The molecule has 13 heavy (non-hydrogen) atoms. The van der Waals surface area contributed by atoms with Crippen LogP contribution in [0.4, 0.5) is 0 Å². The molecule has 76 valence electrons. The zero-order chi connectivity index (χ0) is 10.2. The van der Waals surface area contributed by atoms with Crippen molar-refractivity contribution in [1.29, 1.82) is 0 Å². The van der Waals surface area contributed by atoms with E-state index in [1.807, 2.05) is 0 Å². The lowest BCUT2D eigenvalue weighted by Crippen LogP contribution is -1.99. The van der Waals surface area contributed by atoms with Crippen LogP contribution in [0.5, 0.6) is 0 Å². The highest BCUT2D eigenvalue weighted by molar-refractivity contribution is 7.78. The van der Waals surface area contributed by atoms with Crippen molar-refractivity contribution >= 4 is 25.2 Å². The third-order valence-corrected chi connectivity index (χ3v) is 2.63. The minimum Gasteiger partial charge on any atom is -0.287 e. The van der Waals surface area contributed by atoms with Crippen molar-refractivity contribution in [1.82, 2.24) is 0 Å². The second kappa shape index (κ2) is 7.33. The molecule has 0 aliphatic rings. The molecule has 0 bridgehead atoms. The van der Waals surface area contributed by atoms with Crippen LogP contribution in [-0.4, -0.2) is 25.1 Å². The minimum atomic E-state index is -3.43. The number of isothiocyanates is 1. The molecule has 0 spiro atoms. The first-order valence-corrected chi connectivity index (χ1v) is 5.62. The molecule has 7 heteroatoms. The van der Waals surface area contributed by atoms with Crippen molar-refractivity contribution in [3.8, 4) is 0 Å². The first kappa shape index (κ1) is 12.9. The summed E-state index contributed by atoms with van der Waals surface area (Å²) in [4.78, 5) is 3.43. The van der Waals surface area contributed by atoms with E-state index in [1.165, 1.54) is 0 Å². The molecule has 0 saturated carbocycles. The predicted molar refractivity (Wildman–Crippen MR) is 51.8 cm³/mol. The first-order chi connectivity index (χ1) is 6.18. The fourth-order valence-corrected chi connectivity index (χ4v) is 1.66. The van der Waals surface area contributed by atoms with Crippen LogP contribution in [0, 0.1) is 0 Å². The lowest BCUT2D eigenvalue weighted by atomic mass is 10.9.